The average Bonchev–Trinajstić information content (AvgIpc) is 3.23. The Bertz CT molecular complexity index is 790. The Labute approximate surface area is 214 Å². The molecule has 206 valence electrons. The number of likely N-dealkylation sites (N-methyl/N-ethyl adjacent to an activating group) is 1. The van der Waals surface area contributed by atoms with Gasteiger partial charge in [0.25, 0.3) is 0 Å². The zero-order chi connectivity index (χ0) is 27.5. The van der Waals surface area contributed by atoms with E-state index in [1.54, 1.807) is 20.8 Å². The van der Waals surface area contributed by atoms with Gasteiger partial charge in [-0.05, 0) is 65.7 Å². The molecule has 0 bridgehead atoms. The first kappa shape index (κ1) is 31.0. The number of nitrogens with one attached hydrogen (secondary N) is 3. The molecule has 1 aliphatic heterocycles. The minimum atomic E-state index is -0.906. The van der Waals surface area contributed by atoms with Gasteiger partial charge in [0.15, 0.2) is 5.96 Å². The van der Waals surface area contributed by atoms with E-state index in [2.05, 4.69) is 20.9 Å². The first-order valence-electron chi connectivity index (χ1n) is 12.7. The quantitative estimate of drug-likeness (QED) is 0.144. The Morgan fingerprint density at radius 2 is 1.78 bits per heavy atom. The van der Waals surface area contributed by atoms with Crippen LogP contribution in [0.2, 0.25) is 0 Å². The molecule has 1 saturated heterocycles. The summed E-state index contributed by atoms with van der Waals surface area (Å²) in [5.74, 6) is -1.02. The van der Waals surface area contributed by atoms with Crippen LogP contribution in [-0.2, 0) is 19.1 Å². The second-order valence-electron chi connectivity index (χ2n) is 10.4. The van der Waals surface area contributed by atoms with Crippen molar-refractivity contribution in [1.29, 1.82) is 0 Å². The van der Waals surface area contributed by atoms with Crippen LogP contribution in [0.4, 0.5) is 4.79 Å². The number of rotatable bonds is 12. The third kappa shape index (κ3) is 11.1. The molecule has 12 heteroatoms. The molecule has 1 fully saturated rings. The van der Waals surface area contributed by atoms with Crippen molar-refractivity contribution in [3.63, 3.8) is 0 Å². The molecule has 1 aliphatic rings. The van der Waals surface area contributed by atoms with Crippen LogP contribution in [0.15, 0.2) is 4.99 Å². The van der Waals surface area contributed by atoms with Crippen LogP contribution in [0.25, 0.3) is 0 Å². The number of guanidine groups is 1. The van der Waals surface area contributed by atoms with Crippen LogP contribution in [0, 0.1) is 5.92 Å². The van der Waals surface area contributed by atoms with Gasteiger partial charge in [-0.2, -0.15) is 0 Å². The summed E-state index contributed by atoms with van der Waals surface area (Å²) in [4.78, 5) is 57.1. The van der Waals surface area contributed by atoms with Gasteiger partial charge in [0, 0.05) is 19.6 Å². The fourth-order valence-electron chi connectivity index (χ4n) is 3.98. The molecular formula is C24H45N7O5. The number of amides is 4. The van der Waals surface area contributed by atoms with Gasteiger partial charge < -0.3 is 37.1 Å². The minimum absolute atomic E-state index is 0.0590. The first-order chi connectivity index (χ1) is 16.7. The standard InChI is InChI=1S/C24H45N7O5/c1-7-27-20(33)18-11-9-13-31(18)21(34)16(10-8-12-28-22(25)26)29-19(32)17(14-15(2)3)30-23(35)36-24(4,5)6/h15-18H,7-14H2,1-6H3,(H,27,33)(H,29,32)(H,30,35)(H4,25,26,28)/t16-,17-,18-/m0/s1. The first-order valence-corrected chi connectivity index (χ1v) is 12.7. The van der Waals surface area contributed by atoms with E-state index in [1.807, 2.05) is 20.8 Å². The Morgan fingerprint density at radius 1 is 1.11 bits per heavy atom. The summed E-state index contributed by atoms with van der Waals surface area (Å²) in [6.07, 6.45) is 1.59. The minimum Gasteiger partial charge on any atom is -0.444 e. The van der Waals surface area contributed by atoms with Gasteiger partial charge in [0.05, 0.1) is 0 Å². The number of hydrogen-bond donors (Lipinski definition) is 5. The van der Waals surface area contributed by atoms with Crippen molar-refractivity contribution in [1.82, 2.24) is 20.9 Å². The monoisotopic (exact) mass is 511 g/mol. The van der Waals surface area contributed by atoms with Crippen LogP contribution in [0.1, 0.15) is 73.6 Å². The van der Waals surface area contributed by atoms with Crippen LogP contribution in [-0.4, -0.2) is 78.0 Å². The molecule has 7 N–H and O–H groups in total. The number of nitrogens with zero attached hydrogens (tertiary/aromatic N) is 2. The fourth-order valence-corrected chi connectivity index (χ4v) is 3.98. The van der Waals surface area contributed by atoms with Crippen molar-refractivity contribution in [3.8, 4) is 0 Å². The molecule has 0 aliphatic carbocycles. The molecule has 0 unspecified atom stereocenters. The number of nitrogens with two attached hydrogens (primary N) is 2. The molecule has 1 heterocycles. The molecule has 0 saturated carbocycles. The van der Waals surface area contributed by atoms with Gasteiger partial charge in [-0.15, -0.1) is 0 Å². The second kappa shape index (κ2) is 14.5. The van der Waals surface area contributed by atoms with Gasteiger partial charge in [-0.25, -0.2) is 4.79 Å². The number of likely N-dealkylation sites (tertiary alicyclic amines) is 1. The van der Waals surface area contributed by atoms with Gasteiger partial charge in [-0.1, -0.05) is 13.8 Å². The predicted molar refractivity (Wildman–Crippen MR) is 138 cm³/mol. The molecule has 0 aromatic rings. The highest BCUT2D eigenvalue weighted by atomic mass is 16.6. The lowest BCUT2D eigenvalue weighted by Gasteiger charge is -2.30. The summed E-state index contributed by atoms with van der Waals surface area (Å²) in [6, 6.07) is -2.39. The highest BCUT2D eigenvalue weighted by molar-refractivity contribution is 5.94. The third-order valence-corrected chi connectivity index (χ3v) is 5.46. The lowest BCUT2D eigenvalue weighted by atomic mass is 10.0. The predicted octanol–water partition coefficient (Wildman–Crippen LogP) is 0.591. The third-order valence-electron chi connectivity index (χ3n) is 5.46. The Balaban J connectivity index is 3.06. The smallest absolute Gasteiger partial charge is 0.408 e. The number of hydrogen-bond acceptors (Lipinski definition) is 6. The van der Waals surface area contributed by atoms with E-state index in [0.29, 0.717) is 38.8 Å². The number of carbonyl (C=O) groups excluding carboxylic acids is 4. The van der Waals surface area contributed by atoms with Gasteiger partial charge in [-0.3, -0.25) is 19.4 Å². The zero-order valence-electron chi connectivity index (χ0n) is 22.6. The van der Waals surface area contributed by atoms with E-state index in [4.69, 9.17) is 16.2 Å². The van der Waals surface area contributed by atoms with Crippen molar-refractivity contribution < 1.29 is 23.9 Å². The van der Waals surface area contributed by atoms with Crippen molar-refractivity contribution in [2.75, 3.05) is 19.6 Å². The van der Waals surface area contributed by atoms with Crippen LogP contribution < -0.4 is 27.4 Å². The van der Waals surface area contributed by atoms with E-state index in [9.17, 15) is 19.2 Å². The molecule has 36 heavy (non-hydrogen) atoms. The van der Waals surface area contributed by atoms with E-state index in [-0.39, 0.29) is 36.7 Å². The summed E-state index contributed by atoms with van der Waals surface area (Å²) >= 11 is 0. The van der Waals surface area contributed by atoms with Crippen molar-refractivity contribution >= 4 is 29.8 Å². The molecule has 1 rings (SSSR count). The number of ether oxygens (including phenoxy) is 1. The van der Waals surface area contributed by atoms with Gasteiger partial charge in [0.2, 0.25) is 17.7 Å². The number of alkyl carbamates (subject to hydrolysis) is 1. The zero-order valence-corrected chi connectivity index (χ0v) is 22.6. The second-order valence-corrected chi connectivity index (χ2v) is 10.4. The van der Waals surface area contributed by atoms with E-state index in [0.717, 1.165) is 0 Å². The highest BCUT2D eigenvalue weighted by Gasteiger charge is 2.38. The maximum atomic E-state index is 13.5. The Kier molecular flexibility index (Phi) is 12.5. The van der Waals surface area contributed by atoms with Crippen molar-refractivity contribution in [2.24, 2.45) is 22.4 Å². The summed E-state index contributed by atoms with van der Waals surface area (Å²) in [5, 5.41) is 8.20. The van der Waals surface area contributed by atoms with Crippen LogP contribution >= 0.6 is 0 Å². The summed E-state index contributed by atoms with van der Waals surface area (Å²) in [7, 11) is 0. The van der Waals surface area contributed by atoms with Crippen LogP contribution in [0.3, 0.4) is 0 Å². The SMILES string of the molecule is CCNC(=O)[C@@H]1CCCN1C(=O)[C@H](CCCN=C(N)N)NC(=O)[C@H](CC(C)C)NC(=O)OC(C)(C)C. The molecule has 12 nitrogen and oxygen atoms in total. The molecule has 0 aromatic heterocycles. The van der Waals surface area contributed by atoms with Crippen molar-refractivity contribution in [3.05, 3.63) is 0 Å². The molecule has 4 amide bonds. The van der Waals surface area contributed by atoms with E-state index in [1.165, 1.54) is 4.90 Å². The van der Waals surface area contributed by atoms with Gasteiger partial charge >= 0.3 is 6.09 Å². The molecule has 0 radical (unpaired) electrons. The average molecular weight is 512 g/mol. The van der Waals surface area contributed by atoms with Gasteiger partial charge in [0.1, 0.15) is 23.7 Å². The van der Waals surface area contributed by atoms with E-state index < -0.39 is 35.7 Å². The summed E-state index contributed by atoms with van der Waals surface area (Å²) < 4.78 is 5.31. The summed E-state index contributed by atoms with van der Waals surface area (Å²) in [5.41, 5.74) is 10.1. The summed E-state index contributed by atoms with van der Waals surface area (Å²) in [6.45, 7) is 12.0. The topological polar surface area (TPSA) is 181 Å². The molecule has 0 aromatic carbocycles. The highest BCUT2D eigenvalue weighted by Crippen LogP contribution is 2.20. The molecular weight excluding hydrogens is 466 g/mol. The fraction of sp³-hybridized carbons (Fsp3) is 0.792. The van der Waals surface area contributed by atoms with E-state index >= 15 is 0 Å². The van der Waals surface area contributed by atoms with Crippen molar-refractivity contribution in [2.45, 2.75) is 97.4 Å². The lowest BCUT2D eigenvalue weighted by molar-refractivity contribution is -0.141. The maximum Gasteiger partial charge on any atom is 0.408 e. The Morgan fingerprint density at radius 3 is 2.33 bits per heavy atom. The number of aliphatic imine (C=N–C) groups is 1. The largest absolute Gasteiger partial charge is 0.444 e. The van der Waals surface area contributed by atoms with Crippen LogP contribution in [0.5, 0.6) is 0 Å². The molecule has 3 atom stereocenters. The Hall–Kier alpha value is -3.05. The molecule has 0 spiro atoms. The normalized spacial score (nSPS) is 17.2. The number of carbonyl (C=O) groups is 4. The lowest BCUT2D eigenvalue weighted by Crippen LogP contribution is -2.57. The maximum absolute atomic E-state index is 13.5.